The van der Waals surface area contributed by atoms with Crippen molar-refractivity contribution in [2.24, 2.45) is 0 Å². The van der Waals surface area contributed by atoms with E-state index < -0.39 is 9.84 Å². The number of carbonyl (C=O) groups excluding carboxylic acids is 1. The predicted molar refractivity (Wildman–Crippen MR) is 99.2 cm³/mol. The number of rotatable bonds is 5. The first-order chi connectivity index (χ1) is 12.5. The highest BCUT2D eigenvalue weighted by Crippen LogP contribution is 2.23. The molecule has 3 rings (SSSR count). The summed E-state index contributed by atoms with van der Waals surface area (Å²) in [6.07, 6.45) is 3.77. The van der Waals surface area contributed by atoms with E-state index in [1.807, 2.05) is 6.92 Å². The lowest BCUT2D eigenvalue weighted by atomic mass is 10.2. The van der Waals surface area contributed by atoms with E-state index in [2.05, 4.69) is 10.3 Å². The Morgan fingerprint density at radius 1 is 1.27 bits per heavy atom. The van der Waals surface area contributed by atoms with Crippen LogP contribution in [0.25, 0.3) is 0 Å². The van der Waals surface area contributed by atoms with E-state index in [1.165, 1.54) is 0 Å². The maximum atomic E-state index is 12.5. The van der Waals surface area contributed by atoms with Gasteiger partial charge in [-0.1, -0.05) is 0 Å². The number of pyridine rings is 1. The molecule has 1 aliphatic heterocycles. The summed E-state index contributed by atoms with van der Waals surface area (Å²) in [5.74, 6) is 1.43. The molecular formula is C18H21N3O4S. The topological polar surface area (TPSA) is 88.6 Å². The van der Waals surface area contributed by atoms with E-state index in [0.29, 0.717) is 30.2 Å². The third kappa shape index (κ3) is 4.51. The molecule has 0 radical (unpaired) electrons. The molecular weight excluding hydrogens is 354 g/mol. The van der Waals surface area contributed by atoms with Gasteiger partial charge in [0, 0.05) is 24.5 Å². The van der Waals surface area contributed by atoms with Gasteiger partial charge in [-0.25, -0.2) is 13.2 Å². The lowest BCUT2D eigenvalue weighted by Crippen LogP contribution is -2.43. The number of nitrogens with zero attached hydrogens (tertiary/aromatic N) is 2. The molecule has 1 aliphatic rings. The van der Waals surface area contributed by atoms with Crippen molar-refractivity contribution in [1.29, 1.82) is 0 Å². The molecule has 2 heterocycles. The molecule has 0 spiro atoms. The fraction of sp³-hybridized carbons (Fsp3) is 0.333. The van der Waals surface area contributed by atoms with Crippen molar-refractivity contribution >= 4 is 21.6 Å². The number of hydrogen-bond donors (Lipinski definition) is 1. The highest BCUT2D eigenvalue weighted by Gasteiger charge is 2.33. The number of urea groups is 1. The number of sulfone groups is 1. The molecule has 2 amide bonds. The molecule has 1 aromatic carbocycles. The Hall–Kier alpha value is -2.61. The van der Waals surface area contributed by atoms with E-state index in [1.54, 1.807) is 53.7 Å². The monoisotopic (exact) mass is 375 g/mol. The molecule has 1 saturated heterocycles. The lowest BCUT2D eigenvalue weighted by Gasteiger charge is -2.27. The van der Waals surface area contributed by atoms with Gasteiger partial charge in [-0.05, 0) is 49.7 Å². The fourth-order valence-electron chi connectivity index (χ4n) is 2.93. The van der Waals surface area contributed by atoms with E-state index >= 15 is 0 Å². The summed E-state index contributed by atoms with van der Waals surface area (Å²) in [6, 6.07) is 10.0. The van der Waals surface area contributed by atoms with Crippen molar-refractivity contribution in [2.45, 2.75) is 19.4 Å². The molecule has 0 saturated carbocycles. The van der Waals surface area contributed by atoms with Gasteiger partial charge in [0.2, 0.25) is 0 Å². The van der Waals surface area contributed by atoms with Gasteiger partial charge in [-0.3, -0.25) is 4.98 Å². The van der Waals surface area contributed by atoms with Crippen LogP contribution in [0.5, 0.6) is 11.5 Å². The van der Waals surface area contributed by atoms with Crippen LogP contribution >= 0.6 is 0 Å². The van der Waals surface area contributed by atoms with Crippen LogP contribution < -0.4 is 10.1 Å². The molecule has 0 bridgehead atoms. The number of carbonyl (C=O) groups is 1. The molecule has 8 heteroatoms. The average molecular weight is 375 g/mol. The normalized spacial score (nSPS) is 18.3. The smallest absolute Gasteiger partial charge is 0.322 e. The fourth-order valence-corrected chi connectivity index (χ4v) is 4.66. The second-order valence-electron chi connectivity index (χ2n) is 6.09. The summed E-state index contributed by atoms with van der Waals surface area (Å²) in [5.41, 5.74) is 0.618. The van der Waals surface area contributed by atoms with Crippen LogP contribution in [0.1, 0.15) is 13.3 Å². The zero-order valence-electron chi connectivity index (χ0n) is 14.5. The summed E-state index contributed by atoms with van der Waals surface area (Å²) in [7, 11) is -3.04. The molecule has 1 aromatic heterocycles. The van der Waals surface area contributed by atoms with Crippen LogP contribution in [0.15, 0.2) is 48.8 Å². The van der Waals surface area contributed by atoms with Crippen molar-refractivity contribution in [1.82, 2.24) is 9.88 Å². The van der Waals surface area contributed by atoms with Crippen LogP contribution in [0.4, 0.5) is 10.5 Å². The van der Waals surface area contributed by atoms with E-state index in [-0.39, 0.29) is 23.6 Å². The molecule has 2 aromatic rings. The van der Waals surface area contributed by atoms with Gasteiger partial charge in [0.25, 0.3) is 0 Å². The number of nitrogens with one attached hydrogen (secondary N) is 1. The molecule has 0 aliphatic carbocycles. The largest absolute Gasteiger partial charge is 0.456 e. The Morgan fingerprint density at radius 2 is 2.04 bits per heavy atom. The third-order valence-corrected chi connectivity index (χ3v) is 5.98. The Kier molecular flexibility index (Phi) is 5.41. The van der Waals surface area contributed by atoms with E-state index in [0.717, 1.165) is 0 Å². The number of anilines is 1. The molecule has 7 nitrogen and oxygen atoms in total. The molecule has 1 N–H and O–H groups in total. The lowest BCUT2D eigenvalue weighted by molar-refractivity contribution is 0.197. The van der Waals surface area contributed by atoms with Crippen LogP contribution in [0, 0.1) is 0 Å². The molecule has 1 fully saturated rings. The maximum absolute atomic E-state index is 12.5. The maximum Gasteiger partial charge on any atom is 0.322 e. The van der Waals surface area contributed by atoms with Gasteiger partial charge in [0.1, 0.15) is 11.5 Å². The first kappa shape index (κ1) is 18.2. The minimum atomic E-state index is -3.04. The van der Waals surface area contributed by atoms with Gasteiger partial charge < -0.3 is 15.0 Å². The SMILES string of the molecule is CCN(C(=O)Nc1ccc(Oc2cccnc2)cc1)[C@@H]1CCS(=O)(=O)C1. The van der Waals surface area contributed by atoms with E-state index in [4.69, 9.17) is 4.74 Å². The first-order valence-corrected chi connectivity index (χ1v) is 10.2. The minimum absolute atomic E-state index is 0.0339. The van der Waals surface area contributed by atoms with Crippen LogP contribution in [-0.4, -0.2) is 48.4 Å². The van der Waals surface area contributed by atoms with Crippen LogP contribution in [-0.2, 0) is 9.84 Å². The summed E-state index contributed by atoms with van der Waals surface area (Å²) in [6.45, 7) is 2.30. The van der Waals surface area contributed by atoms with Gasteiger partial charge >= 0.3 is 6.03 Å². The molecule has 1 atom stereocenters. The first-order valence-electron chi connectivity index (χ1n) is 8.43. The number of ether oxygens (including phenoxy) is 1. The van der Waals surface area contributed by atoms with Crippen molar-refractivity contribution in [3.63, 3.8) is 0 Å². The number of aromatic nitrogens is 1. The standard InChI is InChI=1S/C18H21N3O4S/c1-2-21(15-9-11-26(23,24)13-15)18(22)20-14-5-7-16(8-6-14)25-17-4-3-10-19-12-17/h3-8,10,12,15H,2,9,11,13H2,1H3,(H,20,22)/t15-/m1/s1. The number of benzene rings is 1. The zero-order valence-corrected chi connectivity index (χ0v) is 15.3. The van der Waals surface area contributed by atoms with Crippen LogP contribution in [0.2, 0.25) is 0 Å². The average Bonchev–Trinajstić information content (AvgIpc) is 2.98. The summed E-state index contributed by atoms with van der Waals surface area (Å²) >= 11 is 0. The Labute approximate surface area is 152 Å². The predicted octanol–water partition coefficient (Wildman–Crippen LogP) is 2.91. The number of amides is 2. The van der Waals surface area contributed by atoms with Gasteiger partial charge in [0.05, 0.1) is 17.7 Å². The molecule has 0 unspecified atom stereocenters. The molecule has 26 heavy (non-hydrogen) atoms. The Morgan fingerprint density at radius 3 is 2.62 bits per heavy atom. The van der Waals surface area contributed by atoms with Crippen LogP contribution in [0.3, 0.4) is 0 Å². The third-order valence-electron chi connectivity index (χ3n) is 4.23. The molecule has 138 valence electrons. The number of hydrogen-bond acceptors (Lipinski definition) is 5. The Balaban J connectivity index is 1.61. The Bertz CT molecular complexity index is 854. The van der Waals surface area contributed by atoms with Gasteiger partial charge in [0.15, 0.2) is 9.84 Å². The summed E-state index contributed by atoms with van der Waals surface area (Å²) < 4.78 is 29.0. The second-order valence-corrected chi connectivity index (χ2v) is 8.32. The summed E-state index contributed by atoms with van der Waals surface area (Å²) in [5, 5.41) is 2.81. The minimum Gasteiger partial charge on any atom is -0.456 e. The quantitative estimate of drug-likeness (QED) is 0.868. The summed E-state index contributed by atoms with van der Waals surface area (Å²) in [4.78, 5) is 18.1. The van der Waals surface area contributed by atoms with Gasteiger partial charge in [-0.2, -0.15) is 0 Å². The van der Waals surface area contributed by atoms with E-state index in [9.17, 15) is 13.2 Å². The van der Waals surface area contributed by atoms with Gasteiger partial charge in [-0.15, -0.1) is 0 Å². The van der Waals surface area contributed by atoms with Crippen molar-refractivity contribution in [3.8, 4) is 11.5 Å². The zero-order chi connectivity index (χ0) is 18.6. The highest BCUT2D eigenvalue weighted by atomic mass is 32.2. The van der Waals surface area contributed by atoms with Crippen molar-refractivity contribution < 1.29 is 17.9 Å². The second kappa shape index (κ2) is 7.74. The van der Waals surface area contributed by atoms with Crippen molar-refractivity contribution in [3.05, 3.63) is 48.8 Å². The van der Waals surface area contributed by atoms with Crippen molar-refractivity contribution in [2.75, 3.05) is 23.4 Å². The highest BCUT2D eigenvalue weighted by molar-refractivity contribution is 7.91.